The van der Waals surface area contributed by atoms with Crippen LogP contribution in [0.5, 0.6) is 0 Å². The van der Waals surface area contributed by atoms with Gasteiger partial charge in [0.1, 0.15) is 0 Å². The van der Waals surface area contributed by atoms with Gasteiger partial charge in [0.2, 0.25) is 0 Å². The highest BCUT2D eigenvalue weighted by Crippen LogP contribution is 2.34. The maximum absolute atomic E-state index is 12.4. The van der Waals surface area contributed by atoms with Gasteiger partial charge in [-0.25, -0.2) is 13.8 Å². The lowest BCUT2D eigenvalue weighted by Crippen LogP contribution is -2.03. The fourth-order valence-electron chi connectivity index (χ4n) is 1.02. The molecule has 8 heteroatoms. The molecule has 0 fully saturated rings. The molecule has 4 nitrogen and oxygen atoms in total. The van der Waals surface area contributed by atoms with E-state index in [9.17, 15) is 18.9 Å². The van der Waals surface area contributed by atoms with E-state index in [1.165, 1.54) is 0 Å². The normalized spacial score (nSPS) is 10.7. The van der Waals surface area contributed by atoms with Crippen LogP contribution < -0.4 is 0 Å². The summed E-state index contributed by atoms with van der Waals surface area (Å²) in [7, 11) is 0. The summed E-state index contributed by atoms with van der Waals surface area (Å²) in [5, 5.41) is 10.5. The Morgan fingerprint density at radius 3 is 2.60 bits per heavy atom. The molecule has 0 spiro atoms. The summed E-state index contributed by atoms with van der Waals surface area (Å²) in [4.78, 5) is 12.8. The van der Waals surface area contributed by atoms with E-state index >= 15 is 0 Å². The number of hydrogen-bond donors (Lipinski definition) is 0. The molecule has 1 aromatic rings. The Labute approximate surface area is 93.0 Å². The Morgan fingerprint density at radius 2 is 2.20 bits per heavy atom. The number of halogens is 4. The number of nitro groups is 1. The molecule has 0 atom stereocenters. The minimum absolute atomic E-state index is 0.0962. The van der Waals surface area contributed by atoms with Crippen molar-refractivity contribution < 1.29 is 13.7 Å². The van der Waals surface area contributed by atoms with Crippen molar-refractivity contribution in [2.45, 2.75) is 12.3 Å². The van der Waals surface area contributed by atoms with Crippen LogP contribution in [-0.4, -0.2) is 9.91 Å². The van der Waals surface area contributed by atoms with E-state index in [-0.39, 0.29) is 16.5 Å². The van der Waals surface area contributed by atoms with Gasteiger partial charge in [-0.05, 0) is 0 Å². The van der Waals surface area contributed by atoms with Crippen molar-refractivity contribution in [1.82, 2.24) is 4.98 Å². The van der Waals surface area contributed by atoms with E-state index in [1.54, 1.807) is 0 Å². The zero-order valence-electron chi connectivity index (χ0n) is 7.08. The quantitative estimate of drug-likeness (QED) is 0.474. The van der Waals surface area contributed by atoms with Crippen molar-refractivity contribution in [3.63, 3.8) is 0 Å². The van der Waals surface area contributed by atoms with Gasteiger partial charge in [0.25, 0.3) is 6.43 Å². The summed E-state index contributed by atoms with van der Waals surface area (Å²) in [6.07, 6.45) is -2.11. The van der Waals surface area contributed by atoms with Crippen LogP contribution in [0.3, 0.4) is 0 Å². The molecule has 0 bridgehead atoms. The third-order valence-corrected chi connectivity index (χ3v) is 2.25. The molecule has 0 radical (unpaired) electrons. The number of hydrogen-bond acceptors (Lipinski definition) is 3. The molecular formula is C7H4Cl2F2N2O2. The van der Waals surface area contributed by atoms with E-state index in [2.05, 4.69) is 4.98 Å². The molecule has 0 aliphatic rings. The standard InChI is InChI=1S/C7H4Cl2F2N2O2/c8-1-3-4(9)2-12-5(7(10)11)6(3)13(14)15/h2,7H,1H2. The number of aromatic nitrogens is 1. The molecule has 0 saturated carbocycles. The average Bonchev–Trinajstić information content (AvgIpc) is 2.16. The highest BCUT2D eigenvalue weighted by Gasteiger charge is 2.28. The third kappa shape index (κ3) is 2.32. The first-order valence-electron chi connectivity index (χ1n) is 3.64. The summed E-state index contributed by atoms with van der Waals surface area (Å²) in [5.41, 5.74) is -1.87. The van der Waals surface area contributed by atoms with Crippen LogP contribution in [0.1, 0.15) is 17.7 Å². The molecule has 0 N–H and O–H groups in total. The smallest absolute Gasteiger partial charge is 0.258 e. The Hall–Kier alpha value is -1.01. The molecule has 82 valence electrons. The largest absolute Gasteiger partial charge is 0.302 e. The maximum atomic E-state index is 12.4. The second-order valence-corrected chi connectivity index (χ2v) is 3.18. The van der Waals surface area contributed by atoms with E-state index in [1.807, 2.05) is 0 Å². The van der Waals surface area contributed by atoms with Gasteiger partial charge in [0, 0.05) is 6.20 Å². The minimum atomic E-state index is -3.04. The molecule has 0 aliphatic carbocycles. The van der Waals surface area contributed by atoms with Crippen molar-refractivity contribution in [2.24, 2.45) is 0 Å². The summed E-state index contributed by atoms with van der Waals surface area (Å²) in [5.74, 6) is -0.322. The lowest BCUT2D eigenvalue weighted by Gasteiger charge is -2.05. The first-order valence-corrected chi connectivity index (χ1v) is 4.56. The zero-order valence-corrected chi connectivity index (χ0v) is 8.60. The SMILES string of the molecule is O=[N+]([O-])c1c(C(F)F)ncc(Cl)c1CCl. The predicted molar refractivity (Wildman–Crippen MR) is 50.4 cm³/mol. The first-order chi connectivity index (χ1) is 6.99. The Bertz CT molecular complexity index is 401. The van der Waals surface area contributed by atoms with Crippen molar-refractivity contribution in [2.75, 3.05) is 0 Å². The third-order valence-electron chi connectivity index (χ3n) is 1.66. The van der Waals surface area contributed by atoms with Gasteiger partial charge in [-0.2, -0.15) is 0 Å². The molecule has 0 aromatic carbocycles. The van der Waals surface area contributed by atoms with Crippen LogP contribution in [0.2, 0.25) is 5.02 Å². The van der Waals surface area contributed by atoms with Crippen molar-refractivity contribution in [1.29, 1.82) is 0 Å². The molecule has 0 aliphatic heterocycles. The van der Waals surface area contributed by atoms with Gasteiger partial charge in [-0.15, -0.1) is 11.6 Å². The Kier molecular flexibility index (Phi) is 3.76. The number of alkyl halides is 3. The topological polar surface area (TPSA) is 56.0 Å². The molecule has 1 rings (SSSR count). The van der Waals surface area contributed by atoms with Crippen LogP contribution >= 0.6 is 23.2 Å². The van der Waals surface area contributed by atoms with Crippen LogP contribution in [0, 0.1) is 10.1 Å². The summed E-state index contributed by atoms with van der Waals surface area (Å²) >= 11 is 11.0. The van der Waals surface area contributed by atoms with Gasteiger partial charge >= 0.3 is 5.69 Å². The Balaban J connectivity index is 3.49. The number of pyridine rings is 1. The fourth-order valence-corrected chi connectivity index (χ4v) is 1.57. The van der Waals surface area contributed by atoms with Gasteiger partial charge in [-0.1, -0.05) is 11.6 Å². The van der Waals surface area contributed by atoms with Gasteiger partial charge in [0.05, 0.1) is 21.4 Å². The zero-order chi connectivity index (χ0) is 11.6. The van der Waals surface area contributed by atoms with Crippen molar-refractivity contribution in [3.8, 4) is 0 Å². The molecule has 0 unspecified atom stereocenters. The fraction of sp³-hybridized carbons (Fsp3) is 0.286. The predicted octanol–water partition coefficient (Wildman–Crippen LogP) is 3.32. The monoisotopic (exact) mass is 256 g/mol. The van der Waals surface area contributed by atoms with E-state index in [4.69, 9.17) is 23.2 Å². The minimum Gasteiger partial charge on any atom is -0.258 e. The first kappa shape index (κ1) is 12.1. The van der Waals surface area contributed by atoms with E-state index in [0.29, 0.717) is 0 Å². The lowest BCUT2D eigenvalue weighted by molar-refractivity contribution is -0.387. The van der Waals surface area contributed by atoms with Crippen LogP contribution in [0.4, 0.5) is 14.5 Å². The van der Waals surface area contributed by atoms with E-state index in [0.717, 1.165) is 6.20 Å². The number of rotatable bonds is 3. The van der Waals surface area contributed by atoms with Crippen LogP contribution in [0.15, 0.2) is 6.20 Å². The lowest BCUT2D eigenvalue weighted by atomic mass is 10.2. The average molecular weight is 257 g/mol. The molecular weight excluding hydrogens is 253 g/mol. The highest BCUT2D eigenvalue weighted by atomic mass is 35.5. The maximum Gasteiger partial charge on any atom is 0.302 e. The molecule has 0 saturated heterocycles. The molecule has 0 amide bonds. The summed E-state index contributed by atoms with van der Waals surface area (Å²) in [6, 6.07) is 0. The van der Waals surface area contributed by atoms with Crippen molar-refractivity contribution in [3.05, 3.63) is 32.6 Å². The van der Waals surface area contributed by atoms with Crippen LogP contribution in [-0.2, 0) is 5.88 Å². The van der Waals surface area contributed by atoms with Gasteiger partial charge in [-0.3, -0.25) is 10.1 Å². The van der Waals surface area contributed by atoms with E-state index < -0.39 is 22.7 Å². The van der Waals surface area contributed by atoms with Gasteiger partial charge < -0.3 is 0 Å². The van der Waals surface area contributed by atoms with Crippen LogP contribution in [0.25, 0.3) is 0 Å². The molecule has 15 heavy (non-hydrogen) atoms. The summed E-state index contributed by atoms with van der Waals surface area (Å²) in [6.45, 7) is 0. The van der Waals surface area contributed by atoms with Gasteiger partial charge in [0.15, 0.2) is 5.69 Å². The number of nitrogens with zero attached hydrogens (tertiary/aromatic N) is 2. The Morgan fingerprint density at radius 1 is 1.60 bits per heavy atom. The summed E-state index contributed by atoms with van der Waals surface area (Å²) < 4.78 is 24.8. The second kappa shape index (κ2) is 4.67. The molecule has 1 aromatic heterocycles. The highest BCUT2D eigenvalue weighted by molar-refractivity contribution is 6.32. The molecule has 1 heterocycles. The second-order valence-electron chi connectivity index (χ2n) is 2.51. The van der Waals surface area contributed by atoms with Crippen molar-refractivity contribution >= 4 is 28.9 Å².